The minimum Gasteiger partial charge on any atom is -0.368 e. The standard InChI is InChI=1S/C8H10O2/c1-2-5-4-7-8(10-7)6(3-1)9-5/h1-2,5-8H,3-4H2/t5-,6+,7+,8+/m1/s1. The van der Waals surface area contributed by atoms with Crippen molar-refractivity contribution in [2.75, 3.05) is 0 Å². The van der Waals surface area contributed by atoms with Crippen LogP contribution >= 0.6 is 0 Å². The van der Waals surface area contributed by atoms with Gasteiger partial charge in [0.15, 0.2) is 0 Å². The predicted molar refractivity (Wildman–Crippen MR) is 35.7 cm³/mol. The molecule has 4 atom stereocenters. The quantitative estimate of drug-likeness (QED) is 0.366. The molecule has 2 nitrogen and oxygen atoms in total. The lowest BCUT2D eigenvalue weighted by Crippen LogP contribution is -2.35. The van der Waals surface area contributed by atoms with Crippen molar-refractivity contribution in [1.29, 1.82) is 0 Å². The zero-order valence-corrected chi connectivity index (χ0v) is 5.69. The van der Waals surface area contributed by atoms with Crippen LogP contribution in [0.5, 0.6) is 0 Å². The van der Waals surface area contributed by atoms with Crippen molar-refractivity contribution in [3.8, 4) is 0 Å². The third-order valence-corrected chi connectivity index (χ3v) is 2.52. The molecule has 0 N–H and O–H groups in total. The molecule has 2 fully saturated rings. The Labute approximate surface area is 59.8 Å². The molecule has 0 amide bonds. The van der Waals surface area contributed by atoms with E-state index in [1.165, 1.54) is 0 Å². The Morgan fingerprint density at radius 2 is 2.20 bits per heavy atom. The van der Waals surface area contributed by atoms with E-state index in [9.17, 15) is 0 Å². The molecule has 0 aromatic rings. The molecule has 0 unspecified atom stereocenters. The van der Waals surface area contributed by atoms with E-state index < -0.39 is 0 Å². The van der Waals surface area contributed by atoms with Crippen molar-refractivity contribution in [1.82, 2.24) is 0 Å². The second-order valence-electron chi connectivity index (χ2n) is 3.25. The zero-order chi connectivity index (χ0) is 6.55. The fourth-order valence-corrected chi connectivity index (χ4v) is 1.94. The van der Waals surface area contributed by atoms with Gasteiger partial charge in [0.25, 0.3) is 0 Å². The van der Waals surface area contributed by atoms with Crippen molar-refractivity contribution >= 4 is 0 Å². The van der Waals surface area contributed by atoms with Crippen LogP contribution in [0.25, 0.3) is 0 Å². The summed E-state index contributed by atoms with van der Waals surface area (Å²) < 4.78 is 11.1. The Hall–Kier alpha value is -0.340. The first-order valence-electron chi connectivity index (χ1n) is 3.91. The van der Waals surface area contributed by atoms with E-state index >= 15 is 0 Å². The van der Waals surface area contributed by atoms with Crippen LogP contribution in [0.4, 0.5) is 0 Å². The molecule has 0 saturated carbocycles. The van der Waals surface area contributed by atoms with E-state index in [2.05, 4.69) is 12.2 Å². The van der Waals surface area contributed by atoms with E-state index in [1.807, 2.05) is 0 Å². The third-order valence-electron chi connectivity index (χ3n) is 2.52. The van der Waals surface area contributed by atoms with Gasteiger partial charge in [-0.05, 0) is 6.42 Å². The minimum absolute atomic E-state index is 0.363. The zero-order valence-electron chi connectivity index (χ0n) is 5.69. The molecular weight excluding hydrogens is 128 g/mol. The first-order chi connectivity index (χ1) is 4.93. The number of fused-ring (bicyclic) bond motifs is 4. The highest BCUT2D eigenvalue weighted by molar-refractivity contribution is 5.09. The van der Waals surface area contributed by atoms with Gasteiger partial charge in [-0.15, -0.1) is 0 Å². The molecule has 0 aliphatic carbocycles. The third kappa shape index (κ3) is 0.607. The summed E-state index contributed by atoms with van der Waals surface area (Å²) in [6.45, 7) is 0. The number of epoxide rings is 1. The van der Waals surface area contributed by atoms with Gasteiger partial charge in [0.05, 0.1) is 18.3 Å². The maximum absolute atomic E-state index is 5.66. The van der Waals surface area contributed by atoms with Crippen LogP contribution in [0, 0.1) is 0 Å². The van der Waals surface area contributed by atoms with Crippen LogP contribution in [0.3, 0.4) is 0 Å². The minimum atomic E-state index is 0.363. The number of ether oxygens (including phenoxy) is 2. The lowest BCUT2D eigenvalue weighted by atomic mass is 9.97. The summed E-state index contributed by atoms with van der Waals surface area (Å²) in [4.78, 5) is 0. The molecule has 2 bridgehead atoms. The fourth-order valence-electron chi connectivity index (χ4n) is 1.94. The van der Waals surface area contributed by atoms with E-state index in [1.54, 1.807) is 0 Å². The fraction of sp³-hybridized carbons (Fsp3) is 0.750. The van der Waals surface area contributed by atoms with Gasteiger partial charge < -0.3 is 9.47 Å². The van der Waals surface area contributed by atoms with Gasteiger partial charge in [0, 0.05) is 6.42 Å². The van der Waals surface area contributed by atoms with E-state index in [4.69, 9.17) is 9.47 Å². The van der Waals surface area contributed by atoms with Crippen LogP contribution in [0.15, 0.2) is 12.2 Å². The molecule has 0 spiro atoms. The first kappa shape index (κ1) is 5.33. The van der Waals surface area contributed by atoms with Gasteiger partial charge in [-0.1, -0.05) is 12.2 Å². The summed E-state index contributed by atoms with van der Waals surface area (Å²) in [5, 5.41) is 0. The maximum Gasteiger partial charge on any atom is 0.111 e. The predicted octanol–water partition coefficient (Wildman–Crippen LogP) is 0.871. The molecule has 0 aromatic carbocycles. The summed E-state index contributed by atoms with van der Waals surface area (Å²) in [7, 11) is 0. The van der Waals surface area contributed by atoms with Gasteiger partial charge in [-0.25, -0.2) is 0 Å². The van der Waals surface area contributed by atoms with Crippen molar-refractivity contribution in [2.45, 2.75) is 37.3 Å². The van der Waals surface area contributed by atoms with Crippen LogP contribution in [-0.2, 0) is 9.47 Å². The monoisotopic (exact) mass is 138 g/mol. The average Bonchev–Trinajstić information content (AvgIpc) is 2.68. The topological polar surface area (TPSA) is 21.8 Å². The van der Waals surface area contributed by atoms with Gasteiger partial charge in [-0.2, -0.15) is 0 Å². The Bertz CT molecular complexity index is 188. The van der Waals surface area contributed by atoms with Crippen LogP contribution in [-0.4, -0.2) is 24.4 Å². The Kier molecular flexibility index (Phi) is 0.868. The normalized spacial score (nSPS) is 56.0. The number of hydrogen-bond acceptors (Lipinski definition) is 2. The molecule has 3 aliphatic heterocycles. The maximum atomic E-state index is 5.66. The van der Waals surface area contributed by atoms with Gasteiger partial charge in [0.1, 0.15) is 6.10 Å². The van der Waals surface area contributed by atoms with E-state index in [0.29, 0.717) is 24.4 Å². The van der Waals surface area contributed by atoms with Crippen molar-refractivity contribution in [3.63, 3.8) is 0 Å². The molecule has 54 valence electrons. The SMILES string of the molecule is C1=C[C@@H]2C[C@@H]3O[C@H]3[C@H](C1)O2. The second-order valence-corrected chi connectivity index (χ2v) is 3.25. The summed E-state index contributed by atoms with van der Waals surface area (Å²) in [5.41, 5.74) is 0. The Morgan fingerprint density at radius 3 is 3.20 bits per heavy atom. The van der Waals surface area contributed by atoms with Crippen LogP contribution in [0.1, 0.15) is 12.8 Å². The first-order valence-corrected chi connectivity index (χ1v) is 3.91. The molecule has 2 heteroatoms. The summed E-state index contributed by atoms with van der Waals surface area (Å²) in [6.07, 6.45) is 8.24. The molecular formula is C8H10O2. The van der Waals surface area contributed by atoms with Crippen molar-refractivity contribution in [3.05, 3.63) is 12.2 Å². The largest absolute Gasteiger partial charge is 0.368 e. The molecule has 3 heterocycles. The highest BCUT2D eigenvalue weighted by Crippen LogP contribution is 2.40. The molecule has 2 saturated heterocycles. The second kappa shape index (κ2) is 1.63. The van der Waals surface area contributed by atoms with E-state index in [0.717, 1.165) is 12.8 Å². The lowest BCUT2D eigenvalue weighted by molar-refractivity contribution is -0.0194. The molecule has 3 aliphatic rings. The average molecular weight is 138 g/mol. The summed E-state index contributed by atoms with van der Waals surface area (Å²) in [5.74, 6) is 0. The molecule has 0 radical (unpaired) electrons. The van der Waals surface area contributed by atoms with Crippen LogP contribution < -0.4 is 0 Å². The number of hydrogen-bond donors (Lipinski definition) is 0. The lowest BCUT2D eigenvalue weighted by Gasteiger charge is -2.27. The Balaban J connectivity index is 1.91. The summed E-state index contributed by atoms with van der Waals surface area (Å²) in [6, 6.07) is 0. The van der Waals surface area contributed by atoms with E-state index in [-0.39, 0.29) is 0 Å². The van der Waals surface area contributed by atoms with Crippen molar-refractivity contribution in [2.24, 2.45) is 0 Å². The van der Waals surface area contributed by atoms with Crippen molar-refractivity contribution < 1.29 is 9.47 Å². The molecule has 0 aromatic heterocycles. The van der Waals surface area contributed by atoms with Gasteiger partial charge >= 0.3 is 0 Å². The number of rotatable bonds is 0. The highest BCUT2D eigenvalue weighted by atomic mass is 16.6. The molecule has 3 rings (SSSR count). The van der Waals surface area contributed by atoms with Gasteiger partial charge in [0.2, 0.25) is 0 Å². The summed E-state index contributed by atoms with van der Waals surface area (Å²) >= 11 is 0. The van der Waals surface area contributed by atoms with Gasteiger partial charge in [-0.3, -0.25) is 0 Å². The molecule has 10 heavy (non-hydrogen) atoms. The highest BCUT2D eigenvalue weighted by Gasteiger charge is 2.51. The Morgan fingerprint density at radius 1 is 1.20 bits per heavy atom. The van der Waals surface area contributed by atoms with Crippen LogP contribution in [0.2, 0.25) is 0 Å². The smallest absolute Gasteiger partial charge is 0.111 e.